The van der Waals surface area contributed by atoms with Gasteiger partial charge in [-0.3, -0.25) is 0 Å². The van der Waals surface area contributed by atoms with E-state index in [0.29, 0.717) is 5.56 Å². The predicted octanol–water partition coefficient (Wildman–Crippen LogP) is 4.65. The average molecular weight is 384 g/mol. The first-order valence-corrected chi connectivity index (χ1v) is 9.55. The highest BCUT2D eigenvalue weighted by atomic mass is 32.2. The first-order chi connectivity index (χ1) is 12.2. The maximum Gasteiger partial charge on any atom is 0.534 e. The van der Waals surface area contributed by atoms with E-state index in [9.17, 15) is 26.7 Å². The van der Waals surface area contributed by atoms with E-state index in [1.165, 1.54) is 18.2 Å². The molecule has 2 aliphatic carbocycles. The second-order valence-electron chi connectivity index (χ2n) is 6.68. The zero-order valence-electron chi connectivity index (χ0n) is 13.5. The van der Waals surface area contributed by atoms with Crippen LogP contribution in [-0.2, 0) is 10.1 Å². The van der Waals surface area contributed by atoms with E-state index in [4.69, 9.17) is 0 Å². The van der Waals surface area contributed by atoms with Gasteiger partial charge in [-0.15, -0.1) is 0 Å². The second-order valence-corrected chi connectivity index (χ2v) is 8.21. The standard InChI is InChI=1S/C18H15F3O4S/c19-18(20,21)26(23,24)25-15-8-7-14(10-3-5-13(22)6-4-10)16-11-1-2-12(9-11)17(15)16/h3-8,11-12,22H,1-2,9H2. The third-order valence-electron chi connectivity index (χ3n) is 5.16. The summed E-state index contributed by atoms with van der Waals surface area (Å²) in [5, 5.41) is 9.46. The summed E-state index contributed by atoms with van der Waals surface area (Å²) in [4.78, 5) is 0. The highest BCUT2D eigenvalue weighted by Gasteiger charge is 2.50. The van der Waals surface area contributed by atoms with Crippen molar-refractivity contribution in [3.05, 3.63) is 47.5 Å². The molecule has 2 unspecified atom stereocenters. The van der Waals surface area contributed by atoms with Crippen molar-refractivity contribution in [3.63, 3.8) is 0 Å². The van der Waals surface area contributed by atoms with Gasteiger partial charge in [-0.05, 0) is 66.0 Å². The Morgan fingerprint density at radius 1 is 0.962 bits per heavy atom. The Labute approximate surface area is 148 Å². The summed E-state index contributed by atoms with van der Waals surface area (Å²) >= 11 is 0. The summed E-state index contributed by atoms with van der Waals surface area (Å²) in [5.41, 5.74) is -2.38. The minimum absolute atomic E-state index is 0.00509. The molecule has 0 saturated heterocycles. The Balaban J connectivity index is 1.84. The summed E-state index contributed by atoms with van der Waals surface area (Å²) < 4.78 is 65.5. The fraction of sp³-hybridized carbons (Fsp3) is 0.333. The van der Waals surface area contributed by atoms with E-state index < -0.39 is 15.6 Å². The molecule has 1 saturated carbocycles. The molecule has 4 rings (SSSR count). The number of hydrogen-bond donors (Lipinski definition) is 1. The highest BCUT2D eigenvalue weighted by molar-refractivity contribution is 7.88. The lowest BCUT2D eigenvalue weighted by molar-refractivity contribution is -0.0500. The van der Waals surface area contributed by atoms with Gasteiger partial charge in [-0.2, -0.15) is 21.6 Å². The molecule has 0 amide bonds. The topological polar surface area (TPSA) is 63.6 Å². The lowest BCUT2D eigenvalue weighted by atomic mass is 9.85. The van der Waals surface area contributed by atoms with E-state index in [-0.39, 0.29) is 23.3 Å². The van der Waals surface area contributed by atoms with E-state index in [1.807, 2.05) is 0 Å². The molecule has 0 aromatic heterocycles. The van der Waals surface area contributed by atoms with Crippen molar-refractivity contribution in [3.8, 4) is 22.6 Å². The molecule has 0 aliphatic heterocycles. The molecular weight excluding hydrogens is 369 g/mol. The van der Waals surface area contributed by atoms with E-state index in [2.05, 4.69) is 4.18 Å². The third-order valence-corrected chi connectivity index (χ3v) is 6.12. The van der Waals surface area contributed by atoms with Crippen molar-refractivity contribution in [1.29, 1.82) is 0 Å². The molecule has 2 aromatic carbocycles. The van der Waals surface area contributed by atoms with E-state index >= 15 is 0 Å². The van der Waals surface area contributed by atoms with Crippen LogP contribution in [0.25, 0.3) is 11.1 Å². The van der Waals surface area contributed by atoms with Gasteiger partial charge in [0.1, 0.15) is 11.5 Å². The molecule has 1 fully saturated rings. The monoisotopic (exact) mass is 384 g/mol. The molecule has 2 bridgehead atoms. The van der Waals surface area contributed by atoms with Crippen LogP contribution in [0.2, 0.25) is 0 Å². The first-order valence-electron chi connectivity index (χ1n) is 8.14. The molecule has 2 atom stereocenters. The molecule has 0 radical (unpaired) electrons. The predicted molar refractivity (Wildman–Crippen MR) is 88.5 cm³/mol. The van der Waals surface area contributed by atoms with Crippen LogP contribution in [-0.4, -0.2) is 19.0 Å². The van der Waals surface area contributed by atoms with Crippen LogP contribution in [0.3, 0.4) is 0 Å². The third kappa shape index (κ3) is 2.63. The van der Waals surface area contributed by atoms with E-state index in [0.717, 1.165) is 36.0 Å². The van der Waals surface area contributed by atoms with Gasteiger partial charge in [0.25, 0.3) is 0 Å². The van der Waals surface area contributed by atoms with Crippen molar-refractivity contribution in [2.24, 2.45) is 0 Å². The maximum atomic E-state index is 12.7. The number of hydrogen-bond acceptors (Lipinski definition) is 4. The lowest BCUT2D eigenvalue weighted by Crippen LogP contribution is -2.28. The van der Waals surface area contributed by atoms with Gasteiger partial charge in [0.2, 0.25) is 0 Å². The van der Waals surface area contributed by atoms with Crippen LogP contribution in [0.5, 0.6) is 11.5 Å². The lowest BCUT2D eigenvalue weighted by Gasteiger charge is -2.22. The zero-order valence-corrected chi connectivity index (χ0v) is 14.3. The van der Waals surface area contributed by atoms with E-state index in [1.54, 1.807) is 18.2 Å². The van der Waals surface area contributed by atoms with Crippen LogP contribution in [0, 0.1) is 0 Å². The second kappa shape index (κ2) is 5.64. The highest BCUT2D eigenvalue weighted by Crippen LogP contribution is 2.58. The number of rotatable bonds is 3. The quantitative estimate of drug-likeness (QED) is 0.618. The number of fused-ring (bicyclic) bond motifs is 5. The van der Waals surface area contributed by atoms with Crippen molar-refractivity contribution in [2.45, 2.75) is 36.6 Å². The number of phenols is 1. The van der Waals surface area contributed by atoms with Gasteiger partial charge >= 0.3 is 15.6 Å². The summed E-state index contributed by atoms with van der Waals surface area (Å²) in [6, 6.07) is 9.41. The molecule has 8 heteroatoms. The fourth-order valence-corrected chi connectivity index (χ4v) is 4.59. The Morgan fingerprint density at radius 2 is 1.58 bits per heavy atom. The van der Waals surface area contributed by atoms with Crippen LogP contribution in [0.4, 0.5) is 13.2 Å². The SMILES string of the molecule is O=S(=O)(Oc1ccc(-c2ccc(O)cc2)c2c1C1CCC2C1)C(F)(F)F. The van der Waals surface area contributed by atoms with Gasteiger partial charge in [0.05, 0.1) is 0 Å². The molecule has 4 nitrogen and oxygen atoms in total. The fourth-order valence-electron chi connectivity index (χ4n) is 4.11. The van der Waals surface area contributed by atoms with Crippen molar-refractivity contribution < 1.29 is 30.9 Å². The summed E-state index contributed by atoms with van der Waals surface area (Å²) in [6.07, 6.45) is 2.50. The smallest absolute Gasteiger partial charge is 0.508 e. The van der Waals surface area contributed by atoms with Crippen molar-refractivity contribution >= 4 is 10.1 Å². The normalized spacial score (nSPS) is 21.7. The van der Waals surface area contributed by atoms with Gasteiger partial charge in [-0.1, -0.05) is 18.2 Å². The Kier molecular flexibility index (Phi) is 3.73. The minimum atomic E-state index is -5.71. The van der Waals surface area contributed by atoms with Gasteiger partial charge in [-0.25, -0.2) is 0 Å². The molecule has 0 heterocycles. The van der Waals surface area contributed by atoms with Gasteiger partial charge < -0.3 is 9.29 Å². The Hall–Kier alpha value is -2.22. The summed E-state index contributed by atoms with van der Waals surface area (Å²) in [6.45, 7) is 0. The molecule has 0 spiro atoms. The summed E-state index contributed by atoms with van der Waals surface area (Å²) in [5.74, 6) is 0.0663. The molecule has 26 heavy (non-hydrogen) atoms. The molecule has 138 valence electrons. The van der Waals surface area contributed by atoms with Crippen molar-refractivity contribution in [2.75, 3.05) is 0 Å². The molecular formula is C18H15F3O4S. The van der Waals surface area contributed by atoms with Crippen LogP contribution in [0.1, 0.15) is 42.2 Å². The van der Waals surface area contributed by atoms with Gasteiger partial charge in [0.15, 0.2) is 0 Å². The van der Waals surface area contributed by atoms with Crippen LogP contribution < -0.4 is 4.18 Å². The molecule has 1 N–H and O–H groups in total. The zero-order chi connectivity index (χ0) is 18.7. The Morgan fingerprint density at radius 3 is 2.19 bits per heavy atom. The van der Waals surface area contributed by atoms with Gasteiger partial charge in [0, 0.05) is 5.56 Å². The average Bonchev–Trinajstić information content (AvgIpc) is 3.17. The number of aromatic hydroxyl groups is 1. The van der Waals surface area contributed by atoms with Crippen LogP contribution >= 0.6 is 0 Å². The minimum Gasteiger partial charge on any atom is -0.508 e. The van der Waals surface area contributed by atoms with Crippen LogP contribution in [0.15, 0.2) is 36.4 Å². The number of phenolic OH excluding ortho intramolecular Hbond substituents is 1. The van der Waals surface area contributed by atoms with Crippen molar-refractivity contribution in [1.82, 2.24) is 0 Å². The Bertz CT molecular complexity index is 965. The number of benzene rings is 2. The first kappa shape index (κ1) is 17.2. The largest absolute Gasteiger partial charge is 0.534 e. The number of halogens is 3. The molecule has 2 aliphatic rings. The number of alkyl halides is 3. The molecule has 2 aromatic rings. The maximum absolute atomic E-state index is 12.7. The summed E-state index contributed by atoms with van der Waals surface area (Å²) in [7, 11) is -5.71.